The molecule has 18 heavy (non-hydrogen) atoms. The zero-order valence-electron chi connectivity index (χ0n) is 10.6. The summed E-state index contributed by atoms with van der Waals surface area (Å²) in [5.74, 6) is -0.828. The van der Waals surface area contributed by atoms with Crippen LogP contribution in [-0.2, 0) is 15.1 Å². The van der Waals surface area contributed by atoms with Gasteiger partial charge < -0.3 is 9.84 Å². The maximum atomic E-state index is 11.8. The average Bonchev–Trinajstić information content (AvgIpc) is 2.58. The monoisotopic (exact) mass is 316 g/mol. The van der Waals surface area contributed by atoms with Gasteiger partial charge in [0.2, 0.25) is 0 Å². The SMILES string of the molecule is Cc1nn(C2(C(=O)O)CCCOCC2)c(C)c1Br. The zero-order chi connectivity index (χ0) is 13.3. The van der Waals surface area contributed by atoms with Crippen molar-refractivity contribution < 1.29 is 14.6 Å². The van der Waals surface area contributed by atoms with Crippen LogP contribution in [0.3, 0.4) is 0 Å². The van der Waals surface area contributed by atoms with Crippen molar-refractivity contribution in [3.63, 3.8) is 0 Å². The van der Waals surface area contributed by atoms with E-state index in [2.05, 4.69) is 21.0 Å². The van der Waals surface area contributed by atoms with Crippen LogP contribution in [0, 0.1) is 13.8 Å². The second kappa shape index (κ2) is 5.01. The van der Waals surface area contributed by atoms with Gasteiger partial charge in [0.05, 0.1) is 15.9 Å². The van der Waals surface area contributed by atoms with Crippen molar-refractivity contribution in [2.45, 2.75) is 38.6 Å². The van der Waals surface area contributed by atoms with Crippen molar-refractivity contribution >= 4 is 21.9 Å². The van der Waals surface area contributed by atoms with Gasteiger partial charge in [-0.2, -0.15) is 5.10 Å². The summed E-state index contributed by atoms with van der Waals surface area (Å²) in [5, 5.41) is 14.1. The van der Waals surface area contributed by atoms with Crippen molar-refractivity contribution in [1.82, 2.24) is 9.78 Å². The van der Waals surface area contributed by atoms with Crippen molar-refractivity contribution in [1.29, 1.82) is 0 Å². The molecule has 0 bridgehead atoms. The molecule has 0 aliphatic carbocycles. The summed E-state index contributed by atoms with van der Waals surface area (Å²) in [6, 6.07) is 0. The van der Waals surface area contributed by atoms with Crippen molar-refractivity contribution in [3.05, 3.63) is 15.9 Å². The van der Waals surface area contributed by atoms with Crippen LogP contribution < -0.4 is 0 Å². The van der Waals surface area contributed by atoms with Crippen LogP contribution in [0.4, 0.5) is 0 Å². The van der Waals surface area contributed by atoms with Gasteiger partial charge in [0.15, 0.2) is 5.54 Å². The number of rotatable bonds is 2. The van der Waals surface area contributed by atoms with Crippen molar-refractivity contribution in [3.8, 4) is 0 Å². The largest absolute Gasteiger partial charge is 0.479 e. The lowest BCUT2D eigenvalue weighted by Gasteiger charge is -2.29. The van der Waals surface area contributed by atoms with Crippen LogP contribution in [0.5, 0.6) is 0 Å². The van der Waals surface area contributed by atoms with Crippen LogP contribution in [0.2, 0.25) is 0 Å². The molecule has 5 nitrogen and oxygen atoms in total. The molecule has 2 heterocycles. The fraction of sp³-hybridized carbons (Fsp3) is 0.667. The van der Waals surface area contributed by atoms with E-state index >= 15 is 0 Å². The minimum atomic E-state index is -0.975. The van der Waals surface area contributed by atoms with Crippen LogP contribution >= 0.6 is 15.9 Å². The Labute approximate surface area is 114 Å². The summed E-state index contributed by atoms with van der Waals surface area (Å²) in [6.07, 6.45) is 1.75. The Bertz CT molecular complexity index is 462. The maximum Gasteiger partial charge on any atom is 0.331 e. The number of aliphatic carboxylic acids is 1. The summed E-state index contributed by atoms with van der Waals surface area (Å²) in [6.45, 7) is 4.84. The number of hydrogen-bond acceptors (Lipinski definition) is 3. The van der Waals surface area contributed by atoms with Gasteiger partial charge in [0.25, 0.3) is 0 Å². The molecular formula is C12H17BrN2O3. The van der Waals surface area contributed by atoms with E-state index in [4.69, 9.17) is 4.74 Å². The molecule has 1 fully saturated rings. The van der Waals surface area contributed by atoms with Gasteiger partial charge in [-0.15, -0.1) is 0 Å². The molecule has 100 valence electrons. The summed E-state index contributed by atoms with van der Waals surface area (Å²) >= 11 is 3.45. The number of carbonyl (C=O) groups is 1. The highest BCUT2D eigenvalue weighted by Gasteiger charge is 2.43. The first-order chi connectivity index (χ1) is 8.49. The molecule has 0 aromatic carbocycles. The number of hydrogen-bond donors (Lipinski definition) is 1. The smallest absolute Gasteiger partial charge is 0.331 e. The lowest BCUT2D eigenvalue weighted by molar-refractivity contribution is -0.149. The molecule has 1 N–H and O–H groups in total. The van der Waals surface area contributed by atoms with E-state index in [0.717, 1.165) is 22.3 Å². The number of aromatic nitrogens is 2. The predicted molar refractivity (Wildman–Crippen MR) is 69.7 cm³/mol. The van der Waals surface area contributed by atoms with E-state index in [9.17, 15) is 9.90 Å². The molecular weight excluding hydrogens is 300 g/mol. The van der Waals surface area contributed by atoms with E-state index in [0.29, 0.717) is 26.1 Å². The van der Waals surface area contributed by atoms with Crippen LogP contribution in [0.25, 0.3) is 0 Å². The second-order valence-electron chi connectivity index (χ2n) is 4.70. The lowest BCUT2D eigenvalue weighted by atomic mass is 9.90. The number of aryl methyl sites for hydroxylation is 1. The fourth-order valence-electron chi connectivity index (χ4n) is 2.49. The number of nitrogens with zero attached hydrogens (tertiary/aromatic N) is 2. The highest BCUT2D eigenvalue weighted by molar-refractivity contribution is 9.10. The Kier molecular flexibility index (Phi) is 3.77. The Morgan fingerprint density at radius 3 is 2.72 bits per heavy atom. The van der Waals surface area contributed by atoms with E-state index in [1.54, 1.807) is 4.68 Å². The third-order valence-electron chi connectivity index (χ3n) is 3.55. The number of carboxylic acid groups (broad SMARTS) is 1. The standard InChI is InChI=1S/C12H17BrN2O3/c1-8-10(13)9(2)15(14-8)12(11(16)17)4-3-6-18-7-5-12/h3-7H2,1-2H3,(H,16,17). The normalized spacial score (nSPS) is 24.8. The van der Waals surface area contributed by atoms with Crippen LogP contribution in [0.15, 0.2) is 4.47 Å². The quantitative estimate of drug-likeness (QED) is 0.908. The molecule has 0 saturated carbocycles. The average molecular weight is 317 g/mol. The maximum absolute atomic E-state index is 11.8. The molecule has 0 spiro atoms. The van der Waals surface area contributed by atoms with Crippen LogP contribution in [-0.4, -0.2) is 34.1 Å². The second-order valence-corrected chi connectivity index (χ2v) is 5.49. The lowest BCUT2D eigenvalue weighted by Crippen LogP contribution is -2.43. The molecule has 2 rings (SSSR count). The molecule has 0 amide bonds. The third kappa shape index (κ3) is 2.07. The minimum Gasteiger partial charge on any atom is -0.479 e. The molecule has 1 aliphatic rings. The van der Waals surface area contributed by atoms with Gasteiger partial charge in [-0.25, -0.2) is 4.79 Å². The first kappa shape index (κ1) is 13.5. The molecule has 1 aromatic heterocycles. The molecule has 1 atom stereocenters. The number of ether oxygens (including phenoxy) is 1. The van der Waals surface area contributed by atoms with Gasteiger partial charge in [-0.3, -0.25) is 4.68 Å². The Morgan fingerprint density at radius 2 is 2.17 bits per heavy atom. The van der Waals surface area contributed by atoms with Crippen molar-refractivity contribution in [2.24, 2.45) is 0 Å². The Hall–Kier alpha value is -0.880. The molecule has 1 aliphatic heterocycles. The van der Waals surface area contributed by atoms with Crippen LogP contribution in [0.1, 0.15) is 30.7 Å². The molecule has 1 saturated heterocycles. The van der Waals surface area contributed by atoms with Gasteiger partial charge in [0, 0.05) is 19.6 Å². The Balaban J connectivity index is 2.52. The number of halogens is 1. The number of carboxylic acids is 1. The summed E-state index contributed by atoms with van der Waals surface area (Å²) in [4.78, 5) is 11.8. The topological polar surface area (TPSA) is 64.4 Å². The Morgan fingerprint density at radius 1 is 1.44 bits per heavy atom. The minimum absolute atomic E-state index is 0.455. The zero-order valence-corrected chi connectivity index (χ0v) is 12.2. The van der Waals surface area contributed by atoms with Gasteiger partial charge >= 0.3 is 5.97 Å². The summed E-state index contributed by atoms with van der Waals surface area (Å²) < 4.78 is 7.92. The molecule has 0 radical (unpaired) electrons. The molecule has 1 aromatic rings. The van der Waals surface area contributed by atoms with E-state index in [-0.39, 0.29) is 0 Å². The third-order valence-corrected chi connectivity index (χ3v) is 4.69. The summed E-state index contributed by atoms with van der Waals surface area (Å²) in [7, 11) is 0. The van der Waals surface area contributed by atoms with E-state index in [1.165, 1.54) is 0 Å². The fourth-order valence-corrected chi connectivity index (χ4v) is 2.74. The first-order valence-corrected chi connectivity index (χ1v) is 6.81. The van der Waals surface area contributed by atoms with E-state index in [1.807, 2.05) is 13.8 Å². The van der Waals surface area contributed by atoms with Gasteiger partial charge in [-0.05, 0) is 42.6 Å². The summed E-state index contributed by atoms with van der Waals surface area (Å²) in [5.41, 5.74) is 0.701. The van der Waals surface area contributed by atoms with Gasteiger partial charge in [-0.1, -0.05) is 0 Å². The highest BCUT2D eigenvalue weighted by atomic mass is 79.9. The van der Waals surface area contributed by atoms with Gasteiger partial charge in [0.1, 0.15) is 0 Å². The highest BCUT2D eigenvalue weighted by Crippen LogP contribution is 2.33. The van der Waals surface area contributed by atoms with Crippen molar-refractivity contribution in [2.75, 3.05) is 13.2 Å². The molecule has 6 heteroatoms. The predicted octanol–water partition coefficient (Wildman–Crippen LogP) is 2.24. The molecule has 1 unspecified atom stereocenters. The van der Waals surface area contributed by atoms with E-state index < -0.39 is 11.5 Å². The first-order valence-electron chi connectivity index (χ1n) is 6.02.